The topological polar surface area (TPSA) is 58.6 Å². The Kier molecular flexibility index (Phi) is 5.33. The summed E-state index contributed by atoms with van der Waals surface area (Å²) in [7, 11) is -3.42. The van der Waals surface area contributed by atoms with Crippen LogP contribution in [0.25, 0.3) is 0 Å². The van der Waals surface area contributed by atoms with E-state index < -0.39 is 10.0 Å². The van der Waals surface area contributed by atoms with Crippen LogP contribution in [-0.4, -0.2) is 39.6 Å². The second-order valence-corrected chi connectivity index (χ2v) is 6.41. The van der Waals surface area contributed by atoms with Crippen LogP contribution < -0.4 is 4.89 Å². The van der Waals surface area contributed by atoms with Crippen molar-refractivity contribution in [3.05, 3.63) is 35.9 Å². The molecule has 0 aromatic heterocycles. The Balaban J connectivity index is 1.69. The van der Waals surface area contributed by atoms with E-state index in [1.807, 2.05) is 18.2 Å². The van der Waals surface area contributed by atoms with Gasteiger partial charge in [-0.2, -0.15) is 0 Å². The summed E-state index contributed by atoms with van der Waals surface area (Å²) in [5, 5.41) is 0. The molecular formula is C13H20N2O3S. The maximum atomic E-state index is 11.7. The molecule has 19 heavy (non-hydrogen) atoms. The van der Waals surface area contributed by atoms with Gasteiger partial charge in [-0.05, 0) is 31.5 Å². The summed E-state index contributed by atoms with van der Waals surface area (Å²) in [6, 6.07) is 9.06. The van der Waals surface area contributed by atoms with Gasteiger partial charge in [0.15, 0.2) is 0 Å². The molecule has 106 valence electrons. The third-order valence-corrected chi connectivity index (χ3v) is 4.18. The number of hydrogen-bond acceptors (Lipinski definition) is 4. The second-order valence-electron chi connectivity index (χ2n) is 4.73. The minimum atomic E-state index is -3.42. The van der Waals surface area contributed by atoms with E-state index in [2.05, 4.69) is 9.79 Å². The summed E-state index contributed by atoms with van der Waals surface area (Å²) >= 11 is 0. The quantitative estimate of drug-likeness (QED) is 0.602. The standard InChI is InChI=1S/C13H20N2O3S/c16-19(17,12-13-6-2-1-3-7-13)14-18-11-10-15-8-4-5-9-15/h1-3,6-7,14H,4-5,8-12H2. The van der Waals surface area contributed by atoms with Crippen molar-refractivity contribution in [1.82, 2.24) is 9.79 Å². The molecule has 1 N–H and O–H groups in total. The molecule has 1 aromatic carbocycles. The van der Waals surface area contributed by atoms with Gasteiger partial charge in [0, 0.05) is 6.54 Å². The van der Waals surface area contributed by atoms with Gasteiger partial charge in [0.1, 0.15) is 0 Å². The molecule has 1 aliphatic rings. The van der Waals surface area contributed by atoms with Crippen molar-refractivity contribution in [2.24, 2.45) is 0 Å². The van der Waals surface area contributed by atoms with E-state index in [9.17, 15) is 8.42 Å². The third-order valence-electron chi connectivity index (χ3n) is 3.09. The molecule has 0 radical (unpaired) electrons. The number of nitrogens with zero attached hydrogens (tertiary/aromatic N) is 1. The molecule has 0 atom stereocenters. The molecule has 1 aliphatic heterocycles. The highest BCUT2D eigenvalue weighted by Crippen LogP contribution is 2.06. The molecule has 0 unspecified atom stereocenters. The Bertz CT molecular complexity index is 470. The fourth-order valence-corrected chi connectivity index (χ4v) is 3.09. The zero-order valence-corrected chi connectivity index (χ0v) is 11.7. The Labute approximate surface area is 114 Å². The van der Waals surface area contributed by atoms with E-state index in [1.54, 1.807) is 12.1 Å². The molecule has 1 aromatic rings. The van der Waals surface area contributed by atoms with E-state index >= 15 is 0 Å². The minimum absolute atomic E-state index is 0.0580. The van der Waals surface area contributed by atoms with Gasteiger partial charge in [-0.1, -0.05) is 35.2 Å². The Hall–Kier alpha value is -0.950. The Morgan fingerprint density at radius 3 is 2.53 bits per heavy atom. The highest BCUT2D eigenvalue weighted by Gasteiger charge is 2.13. The third kappa shape index (κ3) is 5.28. The highest BCUT2D eigenvalue weighted by atomic mass is 32.2. The SMILES string of the molecule is O=S(=O)(Cc1ccccc1)NOCCN1CCCC1. The van der Waals surface area contributed by atoms with Gasteiger partial charge in [-0.3, -0.25) is 4.84 Å². The van der Waals surface area contributed by atoms with Gasteiger partial charge in [0.25, 0.3) is 0 Å². The van der Waals surface area contributed by atoms with Crippen molar-refractivity contribution in [3.8, 4) is 0 Å². The van der Waals surface area contributed by atoms with Crippen LogP contribution in [-0.2, 0) is 20.6 Å². The lowest BCUT2D eigenvalue weighted by atomic mass is 10.2. The van der Waals surface area contributed by atoms with E-state index in [4.69, 9.17) is 4.84 Å². The van der Waals surface area contributed by atoms with Crippen molar-refractivity contribution < 1.29 is 13.3 Å². The van der Waals surface area contributed by atoms with Crippen LogP contribution in [0.2, 0.25) is 0 Å². The predicted molar refractivity (Wildman–Crippen MR) is 73.8 cm³/mol. The van der Waals surface area contributed by atoms with Crippen molar-refractivity contribution >= 4 is 10.0 Å². The molecule has 1 saturated heterocycles. The molecule has 0 spiro atoms. The summed E-state index contributed by atoms with van der Waals surface area (Å²) in [4.78, 5) is 9.50. The van der Waals surface area contributed by atoms with Gasteiger partial charge < -0.3 is 4.90 Å². The Morgan fingerprint density at radius 2 is 1.84 bits per heavy atom. The van der Waals surface area contributed by atoms with Gasteiger partial charge >= 0.3 is 0 Å². The van der Waals surface area contributed by atoms with Crippen LogP contribution in [0.5, 0.6) is 0 Å². The molecule has 1 heterocycles. The van der Waals surface area contributed by atoms with Crippen LogP contribution in [0.1, 0.15) is 18.4 Å². The number of rotatable bonds is 7. The summed E-state index contributed by atoms with van der Waals surface area (Å²) < 4.78 is 23.5. The Morgan fingerprint density at radius 1 is 1.16 bits per heavy atom. The number of nitrogens with one attached hydrogen (secondary N) is 1. The molecule has 6 heteroatoms. The molecular weight excluding hydrogens is 264 g/mol. The zero-order valence-electron chi connectivity index (χ0n) is 10.9. The van der Waals surface area contributed by atoms with E-state index in [0.29, 0.717) is 6.61 Å². The summed E-state index contributed by atoms with van der Waals surface area (Å²) in [5.74, 6) is -0.0580. The van der Waals surface area contributed by atoms with Gasteiger partial charge in [-0.25, -0.2) is 8.42 Å². The molecule has 0 saturated carbocycles. The van der Waals surface area contributed by atoms with Crippen LogP contribution in [0.15, 0.2) is 30.3 Å². The number of likely N-dealkylation sites (tertiary alicyclic amines) is 1. The smallest absolute Gasteiger partial charge is 0.237 e. The van der Waals surface area contributed by atoms with Gasteiger partial charge in [0.05, 0.1) is 12.4 Å². The fourth-order valence-electron chi connectivity index (χ4n) is 2.14. The number of benzene rings is 1. The lowest BCUT2D eigenvalue weighted by molar-refractivity contribution is 0.0755. The van der Waals surface area contributed by atoms with E-state index in [0.717, 1.165) is 25.2 Å². The highest BCUT2D eigenvalue weighted by molar-refractivity contribution is 7.88. The monoisotopic (exact) mass is 284 g/mol. The summed E-state index contributed by atoms with van der Waals surface area (Å²) in [6.45, 7) is 3.32. The first-order chi connectivity index (χ1) is 9.16. The lowest BCUT2D eigenvalue weighted by Gasteiger charge is -2.14. The maximum absolute atomic E-state index is 11.7. The number of hydrogen-bond donors (Lipinski definition) is 1. The maximum Gasteiger partial charge on any atom is 0.237 e. The van der Waals surface area contributed by atoms with Crippen LogP contribution in [0.4, 0.5) is 0 Å². The predicted octanol–water partition coefficient (Wildman–Crippen LogP) is 1.13. The first-order valence-corrected chi connectivity index (χ1v) is 8.18. The summed E-state index contributed by atoms with van der Waals surface area (Å²) in [5.41, 5.74) is 0.748. The zero-order chi connectivity index (χ0) is 13.6. The van der Waals surface area contributed by atoms with Crippen molar-refractivity contribution in [3.63, 3.8) is 0 Å². The molecule has 5 nitrogen and oxygen atoms in total. The fraction of sp³-hybridized carbons (Fsp3) is 0.538. The molecule has 0 aliphatic carbocycles. The van der Waals surface area contributed by atoms with E-state index in [1.165, 1.54) is 12.8 Å². The minimum Gasteiger partial charge on any atom is -0.301 e. The van der Waals surface area contributed by atoms with Crippen molar-refractivity contribution in [2.75, 3.05) is 26.2 Å². The molecule has 1 fully saturated rings. The average molecular weight is 284 g/mol. The number of sulfonamides is 1. The molecule has 0 bridgehead atoms. The lowest BCUT2D eigenvalue weighted by Crippen LogP contribution is -2.30. The van der Waals surface area contributed by atoms with Crippen molar-refractivity contribution in [2.45, 2.75) is 18.6 Å². The van der Waals surface area contributed by atoms with Crippen LogP contribution in [0, 0.1) is 0 Å². The van der Waals surface area contributed by atoms with Crippen LogP contribution in [0.3, 0.4) is 0 Å². The van der Waals surface area contributed by atoms with Crippen molar-refractivity contribution in [1.29, 1.82) is 0 Å². The molecule has 0 amide bonds. The van der Waals surface area contributed by atoms with Gasteiger partial charge in [0.2, 0.25) is 10.0 Å². The average Bonchev–Trinajstić information content (AvgIpc) is 2.88. The van der Waals surface area contributed by atoms with E-state index in [-0.39, 0.29) is 5.75 Å². The first kappa shape index (κ1) is 14.5. The first-order valence-electron chi connectivity index (χ1n) is 6.53. The second kappa shape index (κ2) is 7.00. The van der Waals surface area contributed by atoms with Crippen LogP contribution >= 0.6 is 0 Å². The largest absolute Gasteiger partial charge is 0.301 e. The molecule has 2 rings (SSSR count). The van der Waals surface area contributed by atoms with Gasteiger partial charge in [-0.15, -0.1) is 0 Å². The summed E-state index contributed by atoms with van der Waals surface area (Å²) in [6.07, 6.45) is 2.44. The normalized spacial score (nSPS) is 16.8.